The third-order valence-corrected chi connectivity index (χ3v) is 3.01. The first kappa shape index (κ1) is 10.6. The summed E-state index contributed by atoms with van der Waals surface area (Å²) in [5, 5.41) is 1.98. The summed E-state index contributed by atoms with van der Waals surface area (Å²) in [6.45, 7) is 0.164. The van der Waals surface area contributed by atoms with Gasteiger partial charge in [-0.05, 0) is 5.39 Å². The van der Waals surface area contributed by atoms with Gasteiger partial charge in [0.1, 0.15) is 12.4 Å². The molecule has 0 radical (unpaired) electrons. The maximum Gasteiger partial charge on any atom is 0.190 e. The number of terminal acetylenes is 1. The number of allylic oxidation sites excluding steroid dienone is 1. The monoisotopic (exact) mass is 234 g/mol. The number of rotatable bonds is 2. The molecular formula is C16H10O2. The topological polar surface area (TPSA) is 26.3 Å². The molecule has 0 aromatic heterocycles. The van der Waals surface area contributed by atoms with Gasteiger partial charge in [-0.15, -0.1) is 6.42 Å². The van der Waals surface area contributed by atoms with Crippen LogP contribution in [0.3, 0.4) is 0 Å². The van der Waals surface area contributed by atoms with Crippen LogP contribution in [0, 0.1) is 12.3 Å². The van der Waals surface area contributed by atoms with Gasteiger partial charge < -0.3 is 4.74 Å². The van der Waals surface area contributed by atoms with Gasteiger partial charge in [0.25, 0.3) is 0 Å². The van der Waals surface area contributed by atoms with Crippen LogP contribution in [0.25, 0.3) is 16.5 Å². The molecule has 0 atom stereocenters. The van der Waals surface area contributed by atoms with Crippen LogP contribution < -0.4 is 0 Å². The van der Waals surface area contributed by atoms with E-state index in [-0.39, 0.29) is 12.4 Å². The molecule has 0 saturated carbocycles. The molecule has 0 heterocycles. The van der Waals surface area contributed by atoms with E-state index in [9.17, 15) is 4.79 Å². The lowest BCUT2D eigenvalue weighted by atomic mass is 9.91. The van der Waals surface area contributed by atoms with E-state index < -0.39 is 0 Å². The van der Waals surface area contributed by atoms with Crippen LogP contribution in [0.2, 0.25) is 0 Å². The van der Waals surface area contributed by atoms with Gasteiger partial charge in [-0.2, -0.15) is 0 Å². The fourth-order valence-electron chi connectivity index (χ4n) is 2.27. The minimum Gasteiger partial charge on any atom is -0.480 e. The Morgan fingerprint density at radius 1 is 1.11 bits per heavy atom. The molecule has 1 aliphatic carbocycles. The Morgan fingerprint density at radius 3 is 2.56 bits per heavy atom. The molecule has 18 heavy (non-hydrogen) atoms. The van der Waals surface area contributed by atoms with Crippen LogP contribution in [0.1, 0.15) is 15.9 Å². The summed E-state index contributed by atoms with van der Waals surface area (Å²) in [4.78, 5) is 12.0. The predicted octanol–water partition coefficient (Wildman–Crippen LogP) is 3.03. The van der Waals surface area contributed by atoms with Crippen molar-refractivity contribution < 1.29 is 9.53 Å². The van der Waals surface area contributed by atoms with Crippen molar-refractivity contribution in [3.05, 3.63) is 53.6 Å². The highest BCUT2D eigenvalue weighted by atomic mass is 16.5. The summed E-state index contributed by atoms with van der Waals surface area (Å²) in [6, 6.07) is 11.6. The van der Waals surface area contributed by atoms with Crippen LogP contribution in [-0.2, 0) is 4.74 Å². The first-order chi connectivity index (χ1) is 8.81. The second kappa shape index (κ2) is 4.05. The number of carbonyl (C=O) groups excluding carboxylic acids is 1. The van der Waals surface area contributed by atoms with Crippen LogP contribution in [0.4, 0.5) is 0 Å². The van der Waals surface area contributed by atoms with Crippen LogP contribution in [0.5, 0.6) is 0 Å². The molecule has 0 N–H and O–H groups in total. The van der Waals surface area contributed by atoms with E-state index in [2.05, 4.69) is 5.92 Å². The summed E-state index contributed by atoms with van der Waals surface area (Å²) >= 11 is 0. The van der Waals surface area contributed by atoms with Gasteiger partial charge in [0.15, 0.2) is 5.78 Å². The van der Waals surface area contributed by atoms with Crippen molar-refractivity contribution in [2.45, 2.75) is 0 Å². The molecule has 2 heteroatoms. The van der Waals surface area contributed by atoms with E-state index in [1.165, 1.54) is 6.08 Å². The van der Waals surface area contributed by atoms with Gasteiger partial charge in [0.2, 0.25) is 0 Å². The number of ketones is 1. The molecule has 0 unspecified atom stereocenters. The van der Waals surface area contributed by atoms with Crippen LogP contribution in [0.15, 0.2) is 42.5 Å². The van der Waals surface area contributed by atoms with Crippen molar-refractivity contribution in [2.75, 3.05) is 6.61 Å². The lowest BCUT2D eigenvalue weighted by Gasteiger charge is -2.17. The zero-order valence-corrected chi connectivity index (χ0v) is 9.64. The summed E-state index contributed by atoms with van der Waals surface area (Å²) in [6.07, 6.45) is 6.69. The maximum atomic E-state index is 12.0. The number of ether oxygens (including phenoxy) is 1. The fraction of sp³-hybridized carbons (Fsp3) is 0.0625. The summed E-state index contributed by atoms with van der Waals surface area (Å²) in [5.41, 5.74) is 1.65. The SMILES string of the molecule is C#CCOC1=CC(=O)c2cccc3cccc1c23. The fourth-order valence-corrected chi connectivity index (χ4v) is 2.27. The summed E-state index contributed by atoms with van der Waals surface area (Å²) in [5.74, 6) is 2.93. The Balaban J connectivity index is 2.27. The highest BCUT2D eigenvalue weighted by Gasteiger charge is 2.20. The lowest BCUT2D eigenvalue weighted by molar-refractivity contribution is 0.104. The van der Waals surface area contributed by atoms with E-state index in [0.717, 1.165) is 21.9 Å². The van der Waals surface area contributed by atoms with E-state index >= 15 is 0 Å². The first-order valence-corrected chi connectivity index (χ1v) is 5.65. The smallest absolute Gasteiger partial charge is 0.190 e. The number of hydrogen-bond acceptors (Lipinski definition) is 2. The average Bonchev–Trinajstić information content (AvgIpc) is 2.41. The van der Waals surface area contributed by atoms with Crippen molar-refractivity contribution in [1.29, 1.82) is 0 Å². The first-order valence-electron chi connectivity index (χ1n) is 5.65. The van der Waals surface area contributed by atoms with Crippen LogP contribution in [-0.4, -0.2) is 12.4 Å². The van der Waals surface area contributed by atoms with E-state index in [4.69, 9.17) is 11.2 Å². The Labute approximate surface area is 105 Å². The van der Waals surface area contributed by atoms with Gasteiger partial charge in [-0.1, -0.05) is 42.3 Å². The highest BCUT2D eigenvalue weighted by molar-refractivity contribution is 6.21. The van der Waals surface area contributed by atoms with Gasteiger partial charge in [0.05, 0.1) is 0 Å². The zero-order valence-electron chi connectivity index (χ0n) is 9.64. The largest absolute Gasteiger partial charge is 0.480 e. The standard InChI is InChI=1S/C16H10O2/c1-2-9-18-15-10-14(17)12-7-3-5-11-6-4-8-13(15)16(11)12/h1,3-8,10H,9H2. The Kier molecular flexibility index (Phi) is 2.39. The molecule has 1 aliphatic rings. The molecule has 2 aromatic rings. The van der Waals surface area contributed by atoms with Gasteiger partial charge in [0, 0.05) is 22.6 Å². The van der Waals surface area contributed by atoms with Crippen molar-refractivity contribution in [3.63, 3.8) is 0 Å². The maximum absolute atomic E-state index is 12.0. The van der Waals surface area contributed by atoms with Gasteiger partial charge in [-0.25, -0.2) is 0 Å². The van der Waals surface area contributed by atoms with Crippen LogP contribution >= 0.6 is 0 Å². The Bertz CT molecular complexity index is 712. The van der Waals surface area contributed by atoms with Crippen molar-refractivity contribution in [2.24, 2.45) is 0 Å². The second-order valence-electron chi connectivity index (χ2n) is 4.07. The van der Waals surface area contributed by atoms with Gasteiger partial charge in [-0.3, -0.25) is 4.79 Å². The molecule has 0 amide bonds. The molecular weight excluding hydrogens is 224 g/mol. The minimum absolute atomic E-state index is 0.0358. The number of benzene rings is 2. The summed E-state index contributed by atoms with van der Waals surface area (Å²) in [7, 11) is 0. The molecule has 0 spiro atoms. The number of carbonyl (C=O) groups is 1. The molecule has 0 fully saturated rings. The second-order valence-corrected chi connectivity index (χ2v) is 4.07. The quantitative estimate of drug-likeness (QED) is 0.746. The molecule has 2 nitrogen and oxygen atoms in total. The van der Waals surface area contributed by atoms with E-state index in [1.54, 1.807) is 0 Å². The number of hydrogen-bond donors (Lipinski definition) is 0. The highest BCUT2D eigenvalue weighted by Crippen LogP contribution is 2.33. The molecule has 0 aliphatic heterocycles. The van der Waals surface area contributed by atoms with Crippen molar-refractivity contribution in [1.82, 2.24) is 0 Å². The summed E-state index contributed by atoms with van der Waals surface area (Å²) < 4.78 is 5.45. The zero-order chi connectivity index (χ0) is 12.5. The van der Waals surface area contributed by atoms with E-state index in [1.807, 2.05) is 36.4 Å². The lowest BCUT2D eigenvalue weighted by Crippen LogP contribution is -2.07. The van der Waals surface area contributed by atoms with E-state index in [0.29, 0.717) is 5.76 Å². The average molecular weight is 234 g/mol. The third-order valence-electron chi connectivity index (χ3n) is 3.01. The molecule has 2 aromatic carbocycles. The minimum atomic E-state index is -0.0358. The molecule has 0 saturated heterocycles. The molecule has 3 rings (SSSR count). The predicted molar refractivity (Wildman–Crippen MR) is 71.0 cm³/mol. The normalized spacial score (nSPS) is 13.1. The van der Waals surface area contributed by atoms with Crippen molar-refractivity contribution >= 4 is 22.3 Å². The third kappa shape index (κ3) is 1.49. The molecule has 86 valence electrons. The van der Waals surface area contributed by atoms with Gasteiger partial charge >= 0.3 is 0 Å². The Morgan fingerprint density at radius 2 is 1.83 bits per heavy atom. The Hall–Kier alpha value is -2.53. The molecule has 0 bridgehead atoms. The van der Waals surface area contributed by atoms with Crippen molar-refractivity contribution in [3.8, 4) is 12.3 Å².